The Morgan fingerprint density at radius 1 is 1.37 bits per heavy atom. The fourth-order valence-electron chi connectivity index (χ4n) is 3.81. The molecule has 1 aliphatic carbocycles. The third kappa shape index (κ3) is 4.21. The molecule has 2 heterocycles. The number of carbonyl (C=O) groups is 1. The molecule has 0 aliphatic heterocycles. The number of hydrazone groups is 1. The molecule has 3 aromatic rings. The monoisotopic (exact) mass is 422 g/mol. The van der Waals surface area contributed by atoms with Crippen molar-refractivity contribution in [3.05, 3.63) is 62.5 Å². The average molecular weight is 423 g/mol. The summed E-state index contributed by atoms with van der Waals surface area (Å²) in [4.78, 5) is 31.7. The molecule has 4 rings (SSSR count). The van der Waals surface area contributed by atoms with Gasteiger partial charge in [-0.2, -0.15) is 5.10 Å². The van der Waals surface area contributed by atoms with Gasteiger partial charge in [-0.05, 0) is 47.8 Å². The van der Waals surface area contributed by atoms with Crippen LogP contribution >= 0.6 is 11.3 Å². The Hall–Kier alpha value is -2.80. The topological polar surface area (TPSA) is 76.3 Å². The van der Waals surface area contributed by atoms with Gasteiger partial charge in [0, 0.05) is 4.88 Å². The molecule has 0 saturated heterocycles. The molecule has 1 aliphatic rings. The summed E-state index contributed by atoms with van der Waals surface area (Å²) >= 11 is 1.61. The zero-order valence-corrected chi connectivity index (χ0v) is 18.3. The van der Waals surface area contributed by atoms with Crippen molar-refractivity contribution < 1.29 is 4.79 Å². The number of aryl methyl sites for hydroxylation is 1. The van der Waals surface area contributed by atoms with Crippen molar-refractivity contribution in [1.82, 2.24) is 15.0 Å². The van der Waals surface area contributed by atoms with E-state index in [9.17, 15) is 9.59 Å². The maximum Gasteiger partial charge on any atom is 0.262 e. The summed E-state index contributed by atoms with van der Waals surface area (Å²) in [5, 5.41) is 4.70. The summed E-state index contributed by atoms with van der Waals surface area (Å²) in [6.45, 7) is 6.42. The third-order valence-electron chi connectivity index (χ3n) is 5.60. The molecule has 2 aromatic heterocycles. The van der Waals surface area contributed by atoms with E-state index in [4.69, 9.17) is 0 Å². The second-order valence-electron chi connectivity index (χ2n) is 8.32. The van der Waals surface area contributed by atoms with Crippen LogP contribution in [0.4, 0.5) is 0 Å². The van der Waals surface area contributed by atoms with Crippen molar-refractivity contribution in [2.45, 2.75) is 52.5 Å². The van der Waals surface area contributed by atoms with Crippen molar-refractivity contribution in [2.24, 2.45) is 11.0 Å². The van der Waals surface area contributed by atoms with Crippen LogP contribution in [-0.4, -0.2) is 21.7 Å². The summed E-state index contributed by atoms with van der Waals surface area (Å²) in [5.74, 6) is 0.751. The van der Waals surface area contributed by atoms with E-state index in [1.165, 1.54) is 21.3 Å². The predicted octanol–water partition coefficient (Wildman–Crippen LogP) is 3.86. The first-order valence-corrected chi connectivity index (χ1v) is 11.2. The van der Waals surface area contributed by atoms with E-state index in [1.54, 1.807) is 17.6 Å². The molecule has 1 N–H and O–H groups in total. The van der Waals surface area contributed by atoms with E-state index < -0.39 is 0 Å². The van der Waals surface area contributed by atoms with E-state index in [0.29, 0.717) is 17.2 Å². The van der Waals surface area contributed by atoms with E-state index in [-0.39, 0.29) is 18.0 Å². The summed E-state index contributed by atoms with van der Waals surface area (Å²) in [5.41, 5.74) is 5.64. The molecule has 1 amide bonds. The van der Waals surface area contributed by atoms with Crippen LogP contribution in [-0.2, 0) is 24.2 Å². The lowest BCUT2D eigenvalue weighted by Gasteiger charge is -2.17. The predicted molar refractivity (Wildman–Crippen MR) is 121 cm³/mol. The smallest absolute Gasteiger partial charge is 0.262 e. The summed E-state index contributed by atoms with van der Waals surface area (Å²) < 4.78 is 1.37. The lowest BCUT2D eigenvalue weighted by molar-refractivity contribution is -0.121. The molecule has 0 spiro atoms. The minimum absolute atomic E-state index is 0.105. The molecule has 1 atom stereocenters. The van der Waals surface area contributed by atoms with Crippen LogP contribution in [0.15, 0.2) is 40.5 Å². The largest absolute Gasteiger partial charge is 0.289 e. The van der Waals surface area contributed by atoms with Crippen molar-refractivity contribution in [3.63, 3.8) is 0 Å². The average Bonchev–Trinajstić information content (AvgIpc) is 3.08. The zero-order chi connectivity index (χ0) is 21.3. The Kier molecular flexibility index (Phi) is 5.81. The van der Waals surface area contributed by atoms with Gasteiger partial charge in [0.1, 0.15) is 11.4 Å². The van der Waals surface area contributed by atoms with Crippen LogP contribution in [0.3, 0.4) is 0 Å². The number of hydrogen-bond donors (Lipinski definition) is 1. The fraction of sp³-hybridized carbons (Fsp3) is 0.391. The summed E-state index contributed by atoms with van der Waals surface area (Å²) in [7, 11) is 0. The molecule has 30 heavy (non-hydrogen) atoms. The number of amides is 1. The van der Waals surface area contributed by atoms with Crippen LogP contribution in [0.2, 0.25) is 0 Å². The van der Waals surface area contributed by atoms with Gasteiger partial charge < -0.3 is 0 Å². The number of thiophene rings is 1. The number of aromatic nitrogens is 2. The number of benzene rings is 1. The molecule has 0 radical (unpaired) electrons. The van der Waals surface area contributed by atoms with Gasteiger partial charge in [-0.15, -0.1) is 11.3 Å². The summed E-state index contributed by atoms with van der Waals surface area (Å²) in [6.07, 6.45) is 6.06. The van der Waals surface area contributed by atoms with Gasteiger partial charge in [0.25, 0.3) is 11.5 Å². The first-order chi connectivity index (χ1) is 14.4. The Morgan fingerprint density at radius 2 is 2.13 bits per heavy atom. The van der Waals surface area contributed by atoms with Gasteiger partial charge in [0.05, 0.1) is 17.9 Å². The van der Waals surface area contributed by atoms with Crippen LogP contribution < -0.4 is 11.0 Å². The highest BCUT2D eigenvalue weighted by atomic mass is 32.1. The van der Waals surface area contributed by atoms with Crippen molar-refractivity contribution in [2.75, 3.05) is 0 Å². The first-order valence-electron chi connectivity index (χ1n) is 10.3. The number of nitrogens with zero attached hydrogens (tertiary/aromatic N) is 3. The SMILES string of the molecule is CC1CCc2c(sc3ncn(CC(=O)NN=Cc4ccc(C(C)C)cc4)c(=O)c23)C1. The van der Waals surface area contributed by atoms with E-state index in [1.807, 2.05) is 12.1 Å². The molecule has 7 heteroatoms. The fourth-order valence-corrected chi connectivity index (χ4v) is 5.16. The molecular weight excluding hydrogens is 396 g/mol. The van der Waals surface area contributed by atoms with Crippen LogP contribution in [0, 0.1) is 5.92 Å². The van der Waals surface area contributed by atoms with E-state index >= 15 is 0 Å². The van der Waals surface area contributed by atoms with Crippen molar-refractivity contribution in [3.8, 4) is 0 Å². The van der Waals surface area contributed by atoms with Gasteiger partial charge in [-0.1, -0.05) is 45.0 Å². The first kappa shape index (κ1) is 20.5. The molecule has 0 fully saturated rings. The Morgan fingerprint density at radius 3 is 2.87 bits per heavy atom. The number of carbonyl (C=O) groups excluding carboxylic acids is 1. The number of hydrogen-bond acceptors (Lipinski definition) is 5. The minimum atomic E-state index is -0.356. The molecule has 0 bridgehead atoms. The van der Waals surface area contributed by atoms with Crippen molar-refractivity contribution >= 4 is 33.7 Å². The Labute approximate surface area is 179 Å². The Balaban J connectivity index is 1.45. The lowest BCUT2D eigenvalue weighted by Crippen LogP contribution is -2.30. The second-order valence-corrected chi connectivity index (χ2v) is 9.41. The second kappa shape index (κ2) is 8.52. The van der Waals surface area contributed by atoms with Crippen LogP contribution in [0.1, 0.15) is 54.7 Å². The highest BCUT2D eigenvalue weighted by Gasteiger charge is 2.23. The normalized spacial score (nSPS) is 16.3. The number of nitrogens with one attached hydrogen (secondary N) is 1. The number of fused-ring (bicyclic) bond motifs is 3. The highest BCUT2D eigenvalue weighted by Crippen LogP contribution is 2.35. The molecular formula is C23H26N4O2S. The quantitative estimate of drug-likeness (QED) is 0.501. The zero-order valence-electron chi connectivity index (χ0n) is 17.5. The maximum atomic E-state index is 13.0. The molecule has 0 saturated carbocycles. The van der Waals surface area contributed by atoms with E-state index in [0.717, 1.165) is 35.2 Å². The van der Waals surface area contributed by atoms with Crippen LogP contribution in [0.25, 0.3) is 10.2 Å². The minimum Gasteiger partial charge on any atom is -0.289 e. The van der Waals surface area contributed by atoms with E-state index in [2.05, 4.69) is 48.4 Å². The van der Waals surface area contributed by atoms with Gasteiger partial charge in [0.15, 0.2) is 0 Å². The standard InChI is InChI=1S/C23H26N4O2S/c1-14(2)17-7-5-16(6-8-17)11-25-26-20(28)12-27-13-24-22-21(23(27)29)18-9-4-15(3)10-19(18)30-22/h5-8,11,13-15H,4,9-10,12H2,1-3H3,(H,26,28). The third-order valence-corrected chi connectivity index (χ3v) is 6.76. The lowest BCUT2D eigenvalue weighted by atomic mass is 9.89. The Bertz CT molecular complexity index is 1160. The van der Waals surface area contributed by atoms with Gasteiger partial charge >= 0.3 is 0 Å². The summed E-state index contributed by atoms with van der Waals surface area (Å²) in [6, 6.07) is 8.04. The molecule has 1 unspecified atom stereocenters. The molecule has 156 valence electrons. The van der Waals surface area contributed by atoms with Gasteiger partial charge in [-0.25, -0.2) is 10.4 Å². The van der Waals surface area contributed by atoms with Crippen molar-refractivity contribution in [1.29, 1.82) is 0 Å². The van der Waals surface area contributed by atoms with Gasteiger partial charge in [-0.3, -0.25) is 14.2 Å². The highest BCUT2D eigenvalue weighted by molar-refractivity contribution is 7.18. The molecule has 1 aromatic carbocycles. The maximum absolute atomic E-state index is 13.0. The number of rotatable bonds is 5. The molecule has 6 nitrogen and oxygen atoms in total. The van der Waals surface area contributed by atoms with Gasteiger partial charge in [0.2, 0.25) is 0 Å². The van der Waals surface area contributed by atoms with Crippen LogP contribution in [0.5, 0.6) is 0 Å².